The molecule has 0 unspecified atom stereocenters. The van der Waals surface area contributed by atoms with Crippen LogP contribution in [0.5, 0.6) is 0 Å². The molecule has 0 saturated carbocycles. The molecule has 1 rings (SSSR count). The van der Waals surface area contributed by atoms with Gasteiger partial charge in [0, 0.05) is 17.3 Å². The molecule has 8 heteroatoms. The normalized spacial score (nSPS) is 11.2. The third kappa shape index (κ3) is 2.69. The molecule has 0 bridgehead atoms. The highest BCUT2D eigenvalue weighted by atomic mass is 32.2. The Hall–Kier alpha value is -1.12. The van der Waals surface area contributed by atoms with Gasteiger partial charge in [-0.2, -0.15) is 0 Å². The Labute approximate surface area is 85.3 Å². The molecule has 6 nitrogen and oxygen atoms in total. The standard InChI is InChI=1S/C6H8N4O2S2/c7-6(8)13-4-1-2-10-3-5(4)14(9,11)12/h1-3H,(H3,7,8)(H2,9,11,12). The molecule has 1 aromatic rings. The number of primary sulfonamides is 1. The fraction of sp³-hybridized carbons (Fsp3) is 0. The third-order valence-corrected chi connectivity index (χ3v) is 3.14. The van der Waals surface area contributed by atoms with E-state index in [1.165, 1.54) is 12.3 Å². The van der Waals surface area contributed by atoms with E-state index in [1.54, 1.807) is 0 Å². The molecule has 5 N–H and O–H groups in total. The third-order valence-electron chi connectivity index (χ3n) is 1.27. The molecule has 0 amide bonds. The van der Waals surface area contributed by atoms with E-state index in [-0.39, 0.29) is 10.1 Å². The molecule has 76 valence electrons. The number of sulfonamides is 1. The first-order chi connectivity index (χ1) is 6.41. The van der Waals surface area contributed by atoms with Gasteiger partial charge in [0.25, 0.3) is 0 Å². The number of hydrogen-bond donors (Lipinski definition) is 3. The lowest BCUT2D eigenvalue weighted by Gasteiger charge is -2.04. The zero-order valence-corrected chi connectivity index (χ0v) is 8.60. The smallest absolute Gasteiger partial charge is 0.240 e. The summed E-state index contributed by atoms with van der Waals surface area (Å²) in [6.45, 7) is 0. The van der Waals surface area contributed by atoms with Crippen molar-refractivity contribution in [2.45, 2.75) is 9.79 Å². The SMILES string of the molecule is N=C(N)Sc1ccncc1S(N)(=O)=O. The summed E-state index contributed by atoms with van der Waals surface area (Å²) in [6.07, 6.45) is 2.53. The van der Waals surface area contributed by atoms with Crippen molar-refractivity contribution in [1.29, 1.82) is 5.41 Å². The van der Waals surface area contributed by atoms with Crippen LogP contribution in [-0.4, -0.2) is 18.6 Å². The van der Waals surface area contributed by atoms with E-state index in [9.17, 15) is 8.42 Å². The van der Waals surface area contributed by atoms with Crippen molar-refractivity contribution >= 4 is 27.0 Å². The van der Waals surface area contributed by atoms with Gasteiger partial charge in [-0.3, -0.25) is 10.4 Å². The Kier molecular flexibility index (Phi) is 3.09. The van der Waals surface area contributed by atoms with Crippen molar-refractivity contribution in [2.75, 3.05) is 0 Å². The number of thioether (sulfide) groups is 1. The molecule has 0 saturated heterocycles. The minimum atomic E-state index is -3.81. The zero-order chi connectivity index (χ0) is 10.8. The highest BCUT2D eigenvalue weighted by Gasteiger charge is 2.14. The quantitative estimate of drug-likeness (QED) is 0.367. The number of nitrogens with one attached hydrogen (secondary N) is 1. The Balaban J connectivity index is 3.23. The van der Waals surface area contributed by atoms with Gasteiger partial charge in [-0.05, 0) is 6.07 Å². The van der Waals surface area contributed by atoms with Crippen molar-refractivity contribution in [3.8, 4) is 0 Å². The van der Waals surface area contributed by atoms with E-state index in [2.05, 4.69) is 4.98 Å². The molecule has 0 aliphatic heterocycles. The molecule has 0 spiro atoms. The maximum Gasteiger partial charge on any atom is 0.240 e. The number of rotatable bonds is 2. The van der Waals surface area contributed by atoms with Crippen LogP contribution in [0.15, 0.2) is 28.3 Å². The Bertz CT molecular complexity index is 457. The van der Waals surface area contributed by atoms with Crippen LogP contribution in [0.4, 0.5) is 0 Å². The van der Waals surface area contributed by atoms with Gasteiger partial charge in [0.15, 0.2) is 5.17 Å². The largest absolute Gasteiger partial charge is 0.378 e. The summed E-state index contributed by atoms with van der Waals surface area (Å²) in [7, 11) is -3.81. The Morgan fingerprint density at radius 2 is 2.21 bits per heavy atom. The van der Waals surface area contributed by atoms with E-state index in [1.807, 2.05) is 0 Å². The average molecular weight is 232 g/mol. The summed E-state index contributed by atoms with van der Waals surface area (Å²) in [5.74, 6) is 0. The van der Waals surface area contributed by atoms with Crippen LogP contribution in [0.1, 0.15) is 0 Å². The van der Waals surface area contributed by atoms with Crippen molar-refractivity contribution in [3.05, 3.63) is 18.5 Å². The number of pyridine rings is 1. The first-order valence-corrected chi connectivity index (χ1v) is 5.76. The summed E-state index contributed by atoms with van der Waals surface area (Å²) in [4.78, 5) is 3.81. The molecule has 1 aromatic heterocycles. The average Bonchev–Trinajstić information content (AvgIpc) is 2.01. The molecule has 14 heavy (non-hydrogen) atoms. The topological polar surface area (TPSA) is 123 Å². The van der Waals surface area contributed by atoms with Gasteiger partial charge in [0.1, 0.15) is 4.90 Å². The van der Waals surface area contributed by atoms with E-state index in [4.69, 9.17) is 16.3 Å². The fourth-order valence-electron chi connectivity index (χ4n) is 0.784. The van der Waals surface area contributed by atoms with E-state index < -0.39 is 10.0 Å². The fourth-order valence-corrected chi connectivity index (χ4v) is 2.33. The van der Waals surface area contributed by atoms with Gasteiger partial charge in [-0.15, -0.1) is 0 Å². The van der Waals surface area contributed by atoms with Crippen LogP contribution in [0.2, 0.25) is 0 Å². The maximum atomic E-state index is 11.0. The summed E-state index contributed by atoms with van der Waals surface area (Å²) in [6, 6.07) is 1.44. The van der Waals surface area contributed by atoms with Crippen LogP contribution in [0.25, 0.3) is 0 Å². The lowest BCUT2D eigenvalue weighted by molar-refractivity contribution is 0.595. The van der Waals surface area contributed by atoms with E-state index >= 15 is 0 Å². The lowest BCUT2D eigenvalue weighted by atomic mass is 10.5. The van der Waals surface area contributed by atoms with Crippen LogP contribution in [0, 0.1) is 5.41 Å². The Morgan fingerprint density at radius 1 is 1.57 bits per heavy atom. The summed E-state index contributed by atoms with van der Waals surface area (Å²) < 4.78 is 22.1. The van der Waals surface area contributed by atoms with Gasteiger partial charge in [0.05, 0.1) is 0 Å². The summed E-state index contributed by atoms with van der Waals surface area (Å²) in [5, 5.41) is 11.8. The zero-order valence-electron chi connectivity index (χ0n) is 6.97. The van der Waals surface area contributed by atoms with Crippen LogP contribution in [0.3, 0.4) is 0 Å². The second-order valence-corrected chi connectivity index (χ2v) is 4.95. The predicted octanol–water partition coefficient (Wildman–Crippen LogP) is -0.285. The van der Waals surface area contributed by atoms with Gasteiger partial charge in [-0.1, -0.05) is 11.8 Å². The second-order valence-electron chi connectivity index (χ2n) is 2.33. The molecule has 0 aliphatic carbocycles. The van der Waals surface area contributed by atoms with E-state index in [0.29, 0.717) is 4.90 Å². The number of aromatic nitrogens is 1. The molecule has 0 atom stereocenters. The minimum absolute atomic E-state index is 0.125. The van der Waals surface area contributed by atoms with Crippen molar-refractivity contribution in [2.24, 2.45) is 10.9 Å². The van der Waals surface area contributed by atoms with Crippen molar-refractivity contribution in [3.63, 3.8) is 0 Å². The first-order valence-electron chi connectivity index (χ1n) is 3.40. The molecule has 0 radical (unpaired) electrons. The van der Waals surface area contributed by atoms with Gasteiger partial charge in [-0.25, -0.2) is 13.6 Å². The predicted molar refractivity (Wildman–Crippen MR) is 53.4 cm³/mol. The van der Waals surface area contributed by atoms with Crippen LogP contribution in [-0.2, 0) is 10.0 Å². The van der Waals surface area contributed by atoms with Crippen LogP contribution < -0.4 is 10.9 Å². The highest BCUT2D eigenvalue weighted by Crippen LogP contribution is 2.23. The summed E-state index contributed by atoms with van der Waals surface area (Å²) >= 11 is 0.814. The maximum absolute atomic E-state index is 11.0. The number of nitrogens with zero attached hydrogens (tertiary/aromatic N) is 1. The molecular weight excluding hydrogens is 224 g/mol. The number of nitrogens with two attached hydrogens (primary N) is 2. The molecule has 0 fully saturated rings. The number of amidine groups is 1. The van der Waals surface area contributed by atoms with Gasteiger partial charge in [0.2, 0.25) is 10.0 Å². The first kappa shape index (κ1) is 11.0. The minimum Gasteiger partial charge on any atom is -0.378 e. The van der Waals surface area contributed by atoms with Gasteiger partial charge < -0.3 is 5.73 Å². The number of hydrogen-bond acceptors (Lipinski definition) is 5. The van der Waals surface area contributed by atoms with Crippen molar-refractivity contribution < 1.29 is 8.42 Å². The molecule has 0 aliphatic rings. The summed E-state index contributed by atoms with van der Waals surface area (Å²) in [5.41, 5.74) is 5.13. The van der Waals surface area contributed by atoms with Crippen molar-refractivity contribution in [1.82, 2.24) is 4.98 Å². The Morgan fingerprint density at radius 3 is 2.71 bits per heavy atom. The molecule has 1 heterocycles. The van der Waals surface area contributed by atoms with E-state index in [0.717, 1.165) is 18.0 Å². The lowest BCUT2D eigenvalue weighted by Crippen LogP contribution is -2.14. The molecule has 0 aromatic carbocycles. The highest BCUT2D eigenvalue weighted by molar-refractivity contribution is 8.14. The monoisotopic (exact) mass is 232 g/mol. The molecular formula is C6H8N4O2S2. The second kappa shape index (κ2) is 3.95. The van der Waals surface area contributed by atoms with Crippen LogP contribution >= 0.6 is 11.8 Å². The van der Waals surface area contributed by atoms with Gasteiger partial charge >= 0.3 is 0 Å².